The zero-order chi connectivity index (χ0) is 22.4. The molecule has 0 amide bonds. The van der Waals surface area contributed by atoms with Gasteiger partial charge in [0.15, 0.2) is 0 Å². The number of nitrogens with one attached hydrogen (secondary N) is 1. The summed E-state index contributed by atoms with van der Waals surface area (Å²) in [6, 6.07) is 11.6. The number of hydrogen-bond acceptors (Lipinski definition) is 6. The molecule has 0 spiro atoms. The Hall–Kier alpha value is -2.90. The number of fused-ring (bicyclic) bond motifs is 1. The van der Waals surface area contributed by atoms with E-state index < -0.39 is 0 Å². The fourth-order valence-corrected chi connectivity index (χ4v) is 4.25. The van der Waals surface area contributed by atoms with Crippen LogP contribution in [0.3, 0.4) is 0 Å². The van der Waals surface area contributed by atoms with Gasteiger partial charge in [0, 0.05) is 54.1 Å². The zero-order valence-corrected chi connectivity index (χ0v) is 18.8. The Bertz CT molecular complexity index is 1170. The summed E-state index contributed by atoms with van der Waals surface area (Å²) in [5.41, 5.74) is 2.53. The molecule has 31 heavy (non-hydrogen) atoms. The molecule has 0 bridgehead atoms. The van der Waals surface area contributed by atoms with Crippen molar-refractivity contribution in [2.75, 3.05) is 26.0 Å². The number of ether oxygens (including phenoxy) is 1. The molecule has 0 fully saturated rings. The van der Waals surface area contributed by atoms with E-state index in [4.69, 9.17) is 10.1 Å². The van der Waals surface area contributed by atoms with Crippen LogP contribution in [-0.2, 0) is 7.05 Å². The number of aliphatic hydroxyl groups is 1. The van der Waals surface area contributed by atoms with Crippen molar-refractivity contribution in [3.8, 4) is 16.9 Å². The maximum absolute atomic E-state index is 12.8. The molecule has 0 saturated heterocycles. The lowest BCUT2D eigenvalue weighted by Crippen LogP contribution is -2.17. The second-order valence-electron chi connectivity index (χ2n) is 7.03. The van der Waals surface area contributed by atoms with Gasteiger partial charge in [-0.1, -0.05) is 13.0 Å². The quantitative estimate of drug-likeness (QED) is 0.389. The standard InChI is InChI=1S/C24H27N3O3S/c1-4-31-18-6-8-23(30-10-9-28)21(12-18)22-15-27(3)24(29)19-7-5-16(11-20(19)22)17(13-25)14-26-2/h5-8,11-15,17,25,28H,4,9-10H2,1-3H3. The van der Waals surface area contributed by atoms with Gasteiger partial charge in [-0.2, -0.15) is 0 Å². The molecule has 162 valence electrons. The Morgan fingerprint density at radius 3 is 2.71 bits per heavy atom. The Morgan fingerprint density at radius 2 is 2.03 bits per heavy atom. The molecule has 1 aromatic heterocycles. The summed E-state index contributed by atoms with van der Waals surface area (Å²) < 4.78 is 7.40. The first-order valence-electron chi connectivity index (χ1n) is 10.1. The molecule has 1 heterocycles. The summed E-state index contributed by atoms with van der Waals surface area (Å²) in [7, 11) is 3.42. The van der Waals surface area contributed by atoms with E-state index in [1.807, 2.05) is 36.5 Å². The fraction of sp³-hybridized carbons (Fsp3) is 0.292. The van der Waals surface area contributed by atoms with Crippen molar-refractivity contribution in [3.63, 3.8) is 0 Å². The van der Waals surface area contributed by atoms with E-state index in [9.17, 15) is 9.90 Å². The summed E-state index contributed by atoms with van der Waals surface area (Å²) in [6.45, 7) is 2.20. The van der Waals surface area contributed by atoms with E-state index in [0.717, 1.165) is 32.7 Å². The molecule has 3 aromatic rings. The monoisotopic (exact) mass is 437 g/mol. The van der Waals surface area contributed by atoms with E-state index in [1.54, 1.807) is 36.6 Å². The third-order valence-corrected chi connectivity index (χ3v) is 5.86. The first kappa shape index (κ1) is 22.8. The minimum Gasteiger partial charge on any atom is -0.491 e. The van der Waals surface area contributed by atoms with Crippen molar-refractivity contribution in [1.29, 1.82) is 5.41 Å². The van der Waals surface area contributed by atoms with Crippen LogP contribution in [-0.4, -0.2) is 48.1 Å². The van der Waals surface area contributed by atoms with Crippen LogP contribution < -0.4 is 10.3 Å². The Kier molecular flexibility index (Phi) is 7.65. The van der Waals surface area contributed by atoms with E-state index in [-0.39, 0.29) is 24.7 Å². The van der Waals surface area contributed by atoms with Crippen LogP contribution in [0.2, 0.25) is 0 Å². The van der Waals surface area contributed by atoms with Gasteiger partial charge < -0.3 is 19.8 Å². The van der Waals surface area contributed by atoms with Gasteiger partial charge in [0.25, 0.3) is 5.56 Å². The molecule has 0 saturated carbocycles. The summed E-state index contributed by atoms with van der Waals surface area (Å²) in [5, 5.41) is 18.4. The topological polar surface area (TPSA) is 87.7 Å². The van der Waals surface area contributed by atoms with Crippen LogP contribution in [0.25, 0.3) is 21.9 Å². The predicted octanol–water partition coefficient (Wildman–Crippen LogP) is 4.12. The van der Waals surface area contributed by atoms with Crippen LogP contribution in [0, 0.1) is 5.41 Å². The summed E-state index contributed by atoms with van der Waals surface area (Å²) >= 11 is 1.73. The summed E-state index contributed by atoms with van der Waals surface area (Å²) in [4.78, 5) is 18.0. The third kappa shape index (κ3) is 4.89. The number of hydrogen-bond donors (Lipinski definition) is 2. The van der Waals surface area contributed by atoms with Crippen LogP contribution in [0.5, 0.6) is 5.75 Å². The van der Waals surface area contributed by atoms with Gasteiger partial charge >= 0.3 is 0 Å². The van der Waals surface area contributed by atoms with Crippen LogP contribution in [0.4, 0.5) is 0 Å². The number of aryl methyl sites for hydroxylation is 1. The van der Waals surface area contributed by atoms with Gasteiger partial charge in [-0.15, -0.1) is 11.8 Å². The molecule has 2 N–H and O–H groups in total. The van der Waals surface area contributed by atoms with Gasteiger partial charge in [-0.3, -0.25) is 9.79 Å². The molecule has 0 aliphatic heterocycles. The van der Waals surface area contributed by atoms with Crippen molar-refractivity contribution in [2.45, 2.75) is 17.7 Å². The largest absolute Gasteiger partial charge is 0.491 e. The molecule has 1 unspecified atom stereocenters. The number of nitrogens with zero attached hydrogens (tertiary/aromatic N) is 2. The molecular formula is C24H27N3O3S. The van der Waals surface area contributed by atoms with Crippen molar-refractivity contribution in [3.05, 3.63) is 58.5 Å². The van der Waals surface area contributed by atoms with Gasteiger partial charge in [-0.05, 0) is 47.0 Å². The van der Waals surface area contributed by atoms with Crippen LogP contribution in [0.15, 0.2) is 57.3 Å². The average Bonchev–Trinajstić information content (AvgIpc) is 2.79. The predicted molar refractivity (Wildman–Crippen MR) is 130 cm³/mol. The summed E-state index contributed by atoms with van der Waals surface area (Å²) in [6.07, 6.45) is 4.87. The fourth-order valence-electron chi connectivity index (χ4n) is 3.55. The number of aromatic nitrogens is 1. The first-order chi connectivity index (χ1) is 15.0. The number of rotatable bonds is 9. The van der Waals surface area contributed by atoms with Gasteiger partial charge in [0.05, 0.1) is 12.5 Å². The van der Waals surface area contributed by atoms with Crippen LogP contribution >= 0.6 is 11.8 Å². The van der Waals surface area contributed by atoms with Gasteiger partial charge in [0.2, 0.25) is 0 Å². The highest BCUT2D eigenvalue weighted by Gasteiger charge is 2.16. The zero-order valence-electron chi connectivity index (χ0n) is 18.0. The summed E-state index contributed by atoms with van der Waals surface area (Å²) in [5.74, 6) is 1.32. The second-order valence-corrected chi connectivity index (χ2v) is 8.36. The van der Waals surface area contributed by atoms with Crippen molar-refractivity contribution >= 4 is 35.0 Å². The minimum absolute atomic E-state index is 0.0829. The lowest BCUT2D eigenvalue weighted by Gasteiger charge is -2.17. The first-order valence-corrected chi connectivity index (χ1v) is 11.1. The highest BCUT2D eigenvalue weighted by molar-refractivity contribution is 7.99. The Balaban J connectivity index is 2.32. The highest BCUT2D eigenvalue weighted by atomic mass is 32.2. The second kappa shape index (κ2) is 10.4. The molecular weight excluding hydrogens is 410 g/mol. The van der Waals surface area contributed by atoms with Gasteiger partial charge in [-0.25, -0.2) is 0 Å². The number of thioether (sulfide) groups is 1. The molecule has 2 aromatic carbocycles. The number of benzene rings is 2. The molecule has 0 radical (unpaired) electrons. The van der Waals surface area contributed by atoms with Crippen LogP contribution in [0.1, 0.15) is 18.4 Å². The number of aliphatic hydroxyl groups excluding tert-OH is 1. The molecule has 6 nitrogen and oxygen atoms in total. The maximum Gasteiger partial charge on any atom is 0.258 e. The minimum atomic E-state index is -0.265. The van der Waals surface area contributed by atoms with E-state index in [0.29, 0.717) is 11.1 Å². The van der Waals surface area contributed by atoms with Crippen molar-refractivity contribution in [2.24, 2.45) is 12.0 Å². The molecule has 0 aliphatic rings. The average molecular weight is 438 g/mol. The number of pyridine rings is 1. The molecule has 3 rings (SSSR count). The van der Waals surface area contributed by atoms with Gasteiger partial charge in [0.1, 0.15) is 12.4 Å². The lowest BCUT2D eigenvalue weighted by molar-refractivity contribution is 0.202. The van der Waals surface area contributed by atoms with Crippen molar-refractivity contribution < 1.29 is 9.84 Å². The molecule has 0 aliphatic carbocycles. The van der Waals surface area contributed by atoms with E-state index in [1.165, 1.54) is 6.21 Å². The number of aliphatic imine (C=N–C) groups is 1. The van der Waals surface area contributed by atoms with E-state index >= 15 is 0 Å². The smallest absolute Gasteiger partial charge is 0.258 e. The Morgan fingerprint density at radius 1 is 1.23 bits per heavy atom. The molecule has 1 atom stereocenters. The van der Waals surface area contributed by atoms with E-state index in [2.05, 4.69) is 18.0 Å². The normalized spacial score (nSPS) is 12.4. The highest BCUT2D eigenvalue weighted by Crippen LogP contribution is 2.37. The lowest BCUT2D eigenvalue weighted by atomic mass is 9.94. The van der Waals surface area contributed by atoms with Crippen molar-refractivity contribution in [1.82, 2.24) is 4.57 Å². The third-order valence-electron chi connectivity index (χ3n) is 4.98. The Labute approximate surface area is 186 Å². The SMILES string of the molecule is CCSc1ccc(OCCO)c(-c2cn(C)c(=O)c3ccc(C(C=N)C=NC)cc23)c1. The maximum atomic E-state index is 12.8. The molecule has 7 heteroatoms.